The Morgan fingerprint density at radius 1 is 1.04 bits per heavy atom. The highest BCUT2D eigenvalue weighted by Crippen LogP contribution is 2.22. The molecule has 4 rings (SSSR count). The predicted molar refractivity (Wildman–Crippen MR) is 107 cm³/mol. The van der Waals surface area contributed by atoms with Crippen LogP contribution in [0.5, 0.6) is 0 Å². The number of benzene rings is 2. The first kappa shape index (κ1) is 18.0. The van der Waals surface area contributed by atoms with Gasteiger partial charge < -0.3 is 19.6 Å². The molecule has 1 fully saturated rings. The normalized spacial score (nSPS) is 14.2. The summed E-state index contributed by atoms with van der Waals surface area (Å²) < 4.78 is 5.03. The minimum Gasteiger partial charge on any atom is -0.368 e. The van der Waals surface area contributed by atoms with Gasteiger partial charge in [-0.3, -0.25) is 0 Å². The minimum absolute atomic E-state index is 0.00803. The van der Waals surface area contributed by atoms with E-state index in [1.54, 1.807) is 6.92 Å². The van der Waals surface area contributed by atoms with E-state index in [2.05, 4.69) is 32.5 Å². The fourth-order valence-corrected chi connectivity index (χ4v) is 3.29. The van der Waals surface area contributed by atoms with Gasteiger partial charge in [0.15, 0.2) is 0 Å². The first-order valence-electron chi connectivity index (χ1n) is 9.41. The van der Waals surface area contributed by atoms with Gasteiger partial charge in [0, 0.05) is 50.9 Å². The number of aromatic nitrogens is 2. The van der Waals surface area contributed by atoms with Crippen LogP contribution in [0.4, 0.5) is 10.5 Å². The lowest BCUT2D eigenvalue weighted by Gasteiger charge is -2.36. The number of nitrogens with zero attached hydrogens (tertiary/aromatic N) is 4. The molecule has 1 saturated heterocycles. The molecule has 2 aromatic carbocycles. The molecule has 0 aliphatic carbocycles. The van der Waals surface area contributed by atoms with Gasteiger partial charge in [0.05, 0.1) is 0 Å². The van der Waals surface area contributed by atoms with Crippen molar-refractivity contribution in [3.8, 4) is 11.4 Å². The summed E-state index contributed by atoms with van der Waals surface area (Å²) in [6.07, 6.45) is 0. The van der Waals surface area contributed by atoms with E-state index in [-0.39, 0.29) is 6.03 Å². The van der Waals surface area contributed by atoms with Crippen molar-refractivity contribution in [2.45, 2.75) is 13.5 Å². The monoisotopic (exact) mass is 377 g/mol. The summed E-state index contributed by atoms with van der Waals surface area (Å²) in [4.78, 5) is 20.8. The quantitative estimate of drug-likeness (QED) is 0.756. The molecule has 144 valence electrons. The SMILES string of the molecule is Cc1nc(-c2ccc(N3CCN(C(=O)NCc4ccccc4)CC3)cc2)no1. The fraction of sp³-hybridized carbons (Fsp3) is 0.286. The number of urea groups is 1. The van der Waals surface area contributed by atoms with Crippen molar-refractivity contribution in [2.24, 2.45) is 0 Å². The first-order valence-corrected chi connectivity index (χ1v) is 9.41. The second-order valence-corrected chi connectivity index (χ2v) is 6.80. The highest BCUT2D eigenvalue weighted by molar-refractivity contribution is 5.74. The van der Waals surface area contributed by atoms with E-state index >= 15 is 0 Å². The van der Waals surface area contributed by atoms with E-state index in [4.69, 9.17) is 4.52 Å². The van der Waals surface area contributed by atoms with E-state index in [1.165, 1.54) is 0 Å². The van der Waals surface area contributed by atoms with Crippen LogP contribution in [-0.4, -0.2) is 47.3 Å². The summed E-state index contributed by atoms with van der Waals surface area (Å²) in [5.74, 6) is 1.16. The van der Waals surface area contributed by atoms with Gasteiger partial charge >= 0.3 is 6.03 Å². The number of amides is 2. The Kier molecular flexibility index (Phi) is 5.23. The average Bonchev–Trinajstić information content (AvgIpc) is 3.19. The van der Waals surface area contributed by atoms with E-state index < -0.39 is 0 Å². The summed E-state index contributed by atoms with van der Waals surface area (Å²) >= 11 is 0. The highest BCUT2D eigenvalue weighted by Gasteiger charge is 2.21. The molecule has 0 atom stereocenters. The van der Waals surface area contributed by atoms with Crippen LogP contribution in [-0.2, 0) is 6.54 Å². The van der Waals surface area contributed by atoms with Crippen molar-refractivity contribution >= 4 is 11.7 Å². The van der Waals surface area contributed by atoms with Gasteiger partial charge in [-0.05, 0) is 29.8 Å². The van der Waals surface area contributed by atoms with E-state index in [0.717, 1.165) is 29.9 Å². The smallest absolute Gasteiger partial charge is 0.317 e. The molecule has 0 spiro atoms. The number of carbonyl (C=O) groups is 1. The number of rotatable bonds is 4. The molecule has 7 heteroatoms. The molecule has 3 aromatic rings. The van der Waals surface area contributed by atoms with Crippen molar-refractivity contribution in [2.75, 3.05) is 31.1 Å². The lowest BCUT2D eigenvalue weighted by Crippen LogP contribution is -2.51. The summed E-state index contributed by atoms with van der Waals surface area (Å²) in [5.41, 5.74) is 3.17. The molecular formula is C21H23N5O2. The number of nitrogens with one attached hydrogen (secondary N) is 1. The Bertz CT molecular complexity index is 915. The molecular weight excluding hydrogens is 354 g/mol. The Balaban J connectivity index is 1.29. The largest absolute Gasteiger partial charge is 0.368 e. The topological polar surface area (TPSA) is 74.5 Å². The molecule has 0 unspecified atom stereocenters. The van der Waals surface area contributed by atoms with E-state index in [0.29, 0.717) is 31.3 Å². The van der Waals surface area contributed by atoms with Crippen LogP contribution in [0.3, 0.4) is 0 Å². The fourth-order valence-electron chi connectivity index (χ4n) is 3.29. The second kappa shape index (κ2) is 8.12. The van der Waals surface area contributed by atoms with Gasteiger partial charge in [-0.25, -0.2) is 4.79 Å². The molecule has 1 aliphatic heterocycles. The third kappa shape index (κ3) is 4.14. The van der Waals surface area contributed by atoms with Crippen LogP contribution in [0.2, 0.25) is 0 Å². The maximum Gasteiger partial charge on any atom is 0.317 e. The molecule has 0 saturated carbocycles. The molecule has 7 nitrogen and oxygen atoms in total. The van der Waals surface area contributed by atoms with Gasteiger partial charge in [0.1, 0.15) is 0 Å². The van der Waals surface area contributed by atoms with Crippen LogP contribution >= 0.6 is 0 Å². The van der Waals surface area contributed by atoms with Crippen LogP contribution in [0.1, 0.15) is 11.5 Å². The molecule has 1 aromatic heterocycles. The van der Waals surface area contributed by atoms with Crippen LogP contribution in [0, 0.1) is 6.92 Å². The zero-order valence-corrected chi connectivity index (χ0v) is 15.8. The summed E-state index contributed by atoms with van der Waals surface area (Å²) in [6.45, 7) is 5.34. The number of piperazine rings is 1. The van der Waals surface area contributed by atoms with Crippen LogP contribution < -0.4 is 10.2 Å². The van der Waals surface area contributed by atoms with Crippen molar-refractivity contribution in [3.05, 3.63) is 66.1 Å². The van der Waals surface area contributed by atoms with Crippen molar-refractivity contribution in [3.63, 3.8) is 0 Å². The lowest BCUT2D eigenvalue weighted by molar-refractivity contribution is 0.194. The Morgan fingerprint density at radius 3 is 2.39 bits per heavy atom. The molecule has 2 amide bonds. The standard InChI is InChI=1S/C21H23N5O2/c1-16-23-20(24-28-16)18-7-9-19(10-8-18)25-11-13-26(14-12-25)21(27)22-15-17-5-3-2-4-6-17/h2-10H,11-15H2,1H3,(H,22,27). The van der Waals surface area contributed by atoms with Gasteiger partial charge in [0.2, 0.25) is 11.7 Å². The minimum atomic E-state index is -0.00803. The molecule has 28 heavy (non-hydrogen) atoms. The first-order chi connectivity index (χ1) is 13.7. The van der Waals surface area contributed by atoms with E-state index in [9.17, 15) is 4.79 Å². The molecule has 2 heterocycles. The number of anilines is 1. The zero-order chi connectivity index (χ0) is 19.3. The predicted octanol–water partition coefficient (Wildman–Crippen LogP) is 3.08. The second-order valence-electron chi connectivity index (χ2n) is 6.80. The van der Waals surface area contributed by atoms with Gasteiger partial charge in [-0.2, -0.15) is 4.98 Å². The third-order valence-electron chi connectivity index (χ3n) is 4.87. The Morgan fingerprint density at radius 2 is 1.75 bits per heavy atom. The summed E-state index contributed by atoms with van der Waals surface area (Å²) in [7, 11) is 0. The summed E-state index contributed by atoms with van der Waals surface area (Å²) in [6, 6.07) is 18.1. The Labute approximate surface area is 164 Å². The molecule has 0 radical (unpaired) electrons. The van der Waals surface area contributed by atoms with E-state index in [1.807, 2.05) is 47.4 Å². The number of hydrogen-bond donors (Lipinski definition) is 1. The van der Waals surface area contributed by atoms with Crippen LogP contribution in [0.15, 0.2) is 59.1 Å². The number of carbonyl (C=O) groups excluding carboxylic acids is 1. The van der Waals surface area contributed by atoms with Gasteiger partial charge in [0.25, 0.3) is 0 Å². The van der Waals surface area contributed by atoms with Crippen molar-refractivity contribution < 1.29 is 9.32 Å². The van der Waals surface area contributed by atoms with Gasteiger partial charge in [-0.15, -0.1) is 0 Å². The lowest BCUT2D eigenvalue weighted by atomic mass is 10.1. The molecule has 1 aliphatic rings. The number of hydrogen-bond acceptors (Lipinski definition) is 5. The van der Waals surface area contributed by atoms with Crippen molar-refractivity contribution in [1.29, 1.82) is 0 Å². The molecule has 1 N–H and O–H groups in total. The zero-order valence-electron chi connectivity index (χ0n) is 15.8. The van der Waals surface area contributed by atoms with Crippen molar-refractivity contribution in [1.82, 2.24) is 20.4 Å². The average molecular weight is 377 g/mol. The maximum absolute atomic E-state index is 12.4. The Hall–Kier alpha value is -3.35. The van der Waals surface area contributed by atoms with Gasteiger partial charge in [-0.1, -0.05) is 35.5 Å². The molecule has 0 bridgehead atoms. The number of aryl methyl sites for hydroxylation is 1. The third-order valence-corrected chi connectivity index (χ3v) is 4.87. The highest BCUT2D eigenvalue weighted by atomic mass is 16.5. The van der Waals surface area contributed by atoms with Crippen LogP contribution in [0.25, 0.3) is 11.4 Å². The summed E-state index contributed by atoms with van der Waals surface area (Å²) in [5, 5.41) is 6.94. The maximum atomic E-state index is 12.4.